The van der Waals surface area contributed by atoms with E-state index in [2.05, 4.69) is 0 Å². The number of rotatable bonds is 9. The molecular weight excluding hydrogens is 426 g/mol. The van der Waals surface area contributed by atoms with E-state index in [-0.39, 0.29) is 16.8 Å². The summed E-state index contributed by atoms with van der Waals surface area (Å²) in [6.45, 7) is 3.31. The molecule has 1 aliphatic rings. The molecule has 9 heteroatoms. The molecule has 1 atom stereocenters. The quantitative estimate of drug-likeness (QED) is 0.204. The third-order valence-electron chi connectivity index (χ3n) is 5.36. The monoisotopic (exact) mass is 453 g/mol. The molecule has 2 aromatic rings. The van der Waals surface area contributed by atoms with E-state index in [0.29, 0.717) is 37.4 Å². The topological polar surface area (TPSA) is 113 Å². The van der Waals surface area contributed by atoms with Crippen LogP contribution in [-0.4, -0.2) is 65.3 Å². The van der Waals surface area contributed by atoms with Gasteiger partial charge in [-0.1, -0.05) is 24.3 Å². The number of non-ortho nitro benzene ring substituents is 1. The highest BCUT2D eigenvalue weighted by Crippen LogP contribution is 2.40. The molecule has 1 fully saturated rings. The van der Waals surface area contributed by atoms with Gasteiger partial charge in [-0.2, -0.15) is 0 Å². The highest BCUT2D eigenvalue weighted by Gasteiger charge is 2.46. The summed E-state index contributed by atoms with van der Waals surface area (Å²) in [4.78, 5) is 40.1. The SMILES string of the molecule is CCOc1cccc(C2/C(=C(/O)c3cccc([N+](=O)[O-])c3)C(=O)C(=O)N2CCCN(C)C)c1. The number of nitrogens with zero attached hydrogens (tertiary/aromatic N) is 3. The van der Waals surface area contributed by atoms with Crippen LogP contribution in [0.15, 0.2) is 54.1 Å². The van der Waals surface area contributed by atoms with Crippen LogP contribution in [0.1, 0.15) is 30.5 Å². The molecule has 0 aromatic heterocycles. The van der Waals surface area contributed by atoms with E-state index in [4.69, 9.17) is 4.74 Å². The number of likely N-dealkylation sites (tertiary alicyclic amines) is 1. The summed E-state index contributed by atoms with van der Waals surface area (Å²) in [5.41, 5.74) is 0.381. The second-order valence-corrected chi connectivity index (χ2v) is 7.96. The first-order valence-corrected chi connectivity index (χ1v) is 10.6. The molecule has 0 saturated carbocycles. The average Bonchev–Trinajstić information content (AvgIpc) is 3.04. The number of ketones is 1. The Balaban J connectivity index is 2.13. The van der Waals surface area contributed by atoms with Crippen molar-refractivity contribution in [1.82, 2.24) is 9.80 Å². The molecule has 3 rings (SSSR count). The van der Waals surface area contributed by atoms with Gasteiger partial charge in [0.25, 0.3) is 17.4 Å². The van der Waals surface area contributed by atoms with Crippen LogP contribution in [0, 0.1) is 10.1 Å². The minimum absolute atomic E-state index is 0.0981. The standard InChI is InChI=1S/C24H27N3O6/c1-4-33-19-11-6-8-16(15-19)21-20(22(28)17-9-5-10-18(14-17)27(31)32)23(29)24(30)26(21)13-7-12-25(2)3/h5-6,8-11,14-15,21,28H,4,7,12-13H2,1-3H3/b22-20-. The van der Waals surface area contributed by atoms with Crippen LogP contribution >= 0.6 is 0 Å². The molecule has 1 saturated heterocycles. The highest BCUT2D eigenvalue weighted by atomic mass is 16.6. The molecular formula is C24H27N3O6. The lowest BCUT2D eigenvalue weighted by molar-refractivity contribution is -0.384. The Labute approximate surface area is 192 Å². The first kappa shape index (κ1) is 23.9. The predicted octanol–water partition coefficient (Wildman–Crippen LogP) is 3.37. The van der Waals surface area contributed by atoms with Gasteiger partial charge < -0.3 is 19.6 Å². The van der Waals surface area contributed by atoms with Crippen molar-refractivity contribution in [3.05, 3.63) is 75.3 Å². The average molecular weight is 453 g/mol. The Bertz CT molecular complexity index is 1100. The fourth-order valence-electron chi connectivity index (χ4n) is 3.88. The second kappa shape index (κ2) is 10.3. The molecule has 2 aromatic carbocycles. The third-order valence-corrected chi connectivity index (χ3v) is 5.36. The zero-order valence-electron chi connectivity index (χ0n) is 18.9. The molecule has 1 amide bonds. The number of nitro benzene ring substituents is 1. The van der Waals surface area contributed by atoms with Gasteiger partial charge in [-0.3, -0.25) is 19.7 Å². The van der Waals surface area contributed by atoms with E-state index >= 15 is 0 Å². The maximum atomic E-state index is 13.1. The van der Waals surface area contributed by atoms with Crippen LogP contribution in [0.25, 0.3) is 5.76 Å². The number of hydrogen-bond donors (Lipinski definition) is 1. The van der Waals surface area contributed by atoms with Crippen LogP contribution in [0.5, 0.6) is 5.75 Å². The van der Waals surface area contributed by atoms with Crippen LogP contribution in [0.4, 0.5) is 5.69 Å². The number of nitro groups is 1. The first-order chi connectivity index (χ1) is 15.7. The van der Waals surface area contributed by atoms with Crippen molar-refractivity contribution in [3.63, 3.8) is 0 Å². The van der Waals surface area contributed by atoms with Crippen LogP contribution in [0.2, 0.25) is 0 Å². The summed E-state index contributed by atoms with van der Waals surface area (Å²) >= 11 is 0. The highest BCUT2D eigenvalue weighted by molar-refractivity contribution is 6.46. The molecule has 174 valence electrons. The smallest absolute Gasteiger partial charge is 0.295 e. The molecule has 0 bridgehead atoms. The lowest BCUT2D eigenvalue weighted by atomic mass is 9.95. The van der Waals surface area contributed by atoms with Crippen LogP contribution < -0.4 is 4.74 Å². The summed E-state index contributed by atoms with van der Waals surface area (Å²) in [5, 5.41) is 22.3. The Morgan fingerprint density at radius 2 is 1.91 bits per heavy atom. The number of amides is 1. The number of aliphatic hydroxyl groups is 1. The van der Waals surface area contributed by atoms with Gasteiger partial charge in [0, 0.05) is 24.2 Å². The number of benzene rings is 2. The van der Waals surface area contributed by atoms with Crippen molar-refractivity contribution in [2.45, 2.75) is 19.4 Å². The zero-order valence-corrected chi connectivity index (χ0v) is 18.9. The van der Waals surface area contributed by atoms with Gasteiger partial charge in [0.05, 0.1) is 23.1 Å². The molecule has 0 aliphatic carbocycles. The Hall–Kier alpha value is -3.72. The van der Waals surface area contributed by atoms with E-state index in [1.165, 1.54) is 29.2 Å². The predicted molar refractivity (Wildman–Crippen MR) is 123 cm³/mol. The molecule has 1 N–H and O–H groups in total. The minimum atomic E-state index is -0.841. The minimum Gasteiger partial charge on any atom is -0.507 e. The Kier molecular flexibility index (Phi) is 7.44. The second-order valence-electron chi connectivity index (χ2n) is 7.96. The van der Waals surface area contributed by atoms with Crippen molar-refractivity contribution < 1.29 is 24.4 Å². The van der Waals surface area contributed by atoms with E-state index in [1.807, 2.05) is 25.9 Å². The number of carbonyl (C=O) groups excluding carboxylic acids is 2. The molecule has 33 heavy (non-hydrogen) atoms. The van der Waals surface area contributed by atoms with Gasteiger partial charge in [-0.05, 0) is 51.7 Å². The third kappa shape index (κ3) is 5.20. The van der Waals surface area contributed by atoms with Crippen molar-refractivity contribution in [1.29, 1.82) is 0 Å². The van der Waals surface area contributed by atoms with Crippen LogP contribution in [-0.2, 0) is 9.59 Å². The normalized spacial score (nSPS) is 17.6. The molecule has 0 radical (unpaired) electrons. The number of hydrogen-bond acceptors (Lipinski definition) is 7. The summed E-state index contributed by atoms with van der Waals surface area (Å²) in [5.74, 6) is -1.41. The molecule has 0 spiro atoms. The number of Topliss-reactive ketones (excluding diaryl/α,β-unsaturated/α-hetero) is 1. The lowest BCUT2D eigenvalue weighted by Crippen LogP contribution is -2.32. The maximum Gasteiger partial charge on any atom is 0.295 e. The lowest BCUT2D eigenvalue weighted by Gasteiger charge is -2.26. The van der Waals surface area contributed by atoms with Gasteiger partial charge in [-0.15, -0.1) is 0 Å². The van der Waals surface area contributed by atoms with E-state index in [1.54, 1.807) is 24.3 Å². The summed E-state index contributed by atoms with van der Waals surface area (Å²) in [6.07, 6.45) is 0.624. The van der Waals surface area contributed by atoms with Gasteiger partial charge in [0.2, 0.25) is 0 Å². The summed E-state index contributed by atoms with van der Waals surface area (Å²) in [6, 6.07) is 11.5. The Morgan fingerprint density at radius 1 is 1.18 bits per heavy atom. The van der Waals surface area contributed by atoms with E-state index < -0.39 is 28.4 Å². The molecule has 1 aliphatic heterocycles. The van der Waals surface area contributed by atoms with Crippen molar-refractivity contribution >= 4 is 23.1 Å². The zero-order chi connectivity index (χ0) is 24.1. The molecule has 1 heterocycles. The first-order valence-electron chi connectivity index (χ1n) is 10.6. The summed E-state index contributed by atoms with van der Waals surface area (Å²) in [7, 11) is 3.83. The fourth-order valence-corrected chi connectivity index (χ4v) is 3.88. The number of aliphatic hydroxyl groups excluding tert-OH is 1. The molecule has 9 nitrogen and oxygen atoms in total. The van der Waals surface area contributed by atoms with E-state index in [9.17, 15) is 24.8 Å². The van der Waals surface area contributed by atoms with Crippen LogP contribution in [0.3, 0.4) is 0 Å². The fraction of sp³-hybridized carbons (Fsp3) is 0.333. The van der Waals surface area contributed by atoms with Crippen molar-refractivity contribution in [2.75, 3.05) is 33.8 Å². The van der Waals surface area contributed by atoms with Crippen molar-refractivity contribution in [2.24, 2.45) is 0 Å². The van der Waals surface area contributed by atoms with Gasteiger partial charge >= 0.3 is 0 Å². The van der Waals surface area contributed by atoms with E-state index in [0.717, 1.165) is 0 Å². The number of ether oxygens (including phenoxy) is 1. The van der Waals surface area contributed by atoms with Crippen molar-refractivity contribution in [3.8, 4) is 5.75 Å². The van der Waals surface area contributed by atoms with Gasteiger partial charge in [-0.25, -0.2) is 0 Å². The number of carbonyl (C=O) groups is 2. The maximum absolute atomic E-state index is 13.1. The Morgan fingerprint density at radius 3 is 2.58 bits per heavy atom. The summed E-state index contributed by atoms with van der Waals surface area (Å²) < 4.78 is 5.58. The van der Waals surface area contributed by atoms with Gasteiger partial charge in [0.15, 0.2) is 0 Å². The van der Waals surface area contributed by atoms with Gasteiger partial charge in [0.1, 0.15) is 11.5 Å². The molecule has 1 unspecified atom stereocenters. The largest absolute Gasteiger partial charge is 0.507 e.